The summed E-state index contributed by atoms with van der Waals surface area (Å²) in [6.45, 7) is 0.244. The molecule has 1 atom stereocenters. The highest BCUT2D eigenvalue weighted by atomic mass is 32.1. The minimum absolute atomic E-state index is 0.0961. The monoisotopic (exact) mass is 532 g/mol. The molecule has 8 nitrogen and oxygen atoms in total. The number of rotatable bonds is 8. The Balaban J connectivity index is 1.41. The van der Waals surface area contributed by atoms with Gasteiger partial charge in [0, 0.05) is 16.8 Å². The molecule has 0 aliphatic carbocycles. The molecule has 3 aromatic heterocycles. The van der Waals surface area contributed by atoms with Crippen LogP contribution in [0.5, 0.6) is 0 Å². The molecule has 0 aliphatic rings. The highest BCUT2D eigenvalue weighted by molar-refractivity contribution is 7.10. The summed E-state index contributed by atoms with van der Waals surface area (Å²) < 4.78 is 1.56. The smallest absolute Gasteiger partial charge is 0.249 e. The van der Waals surface area contributed by atoms with E-state index in [-0.39, 0.29) is 18.4 Å². The first-order valence-corrected chi connectivity index (χ1v) is 13.4. The summed E-state index contributed by atoms with van der Waals surface area (Å²) in [6, 6.07) is 29.6. The lowest BCUT2D eigenvalue weighted by Crippen LogP contribution is -2.45. The lowest BCUT2D eigenvalue weighted by molar-refractivity contribution is -0.127. The molecule has 0 saturated carbocycles. The molecule has 0 aliphatic heterocycles. The third kappa shape index (κ3) is 5.12. The summed E-state index contributed by atoms with van der Waals surface area (Å²) in [7, 11) is 0. The molecule has 3 aromatic carbocycles. The Morgan fingerprint density at radius 2 is 1.67 bits per heavy atom. The van der Waals surface area contributed by atoms with E-state index in [2.05, 4.69) is 20.6 Å². The number of carbonyl (C=O) groups excluding carboxylic acids is 2. The first-order chi connectivity index (χ1) is 19.2. The van der Waals surface area contributed by atoms with Crippen LogP contribution in [0.15, 0.2) is 109 Å². The first kappa shape index (κ1) is 24.4. The maximum atomic E-state index is 14.1. The molecule has 2 amide bonds. The topological polar surface area (TPSA) is 93.0 Å². The van der Waals surface area contributed by atoms with Crippen molar-refractivity contribution in [3.05, 3.63) is 119 Å². The highest BCUT2D eigenvalue weighted by Gasteiger charge is 2.34. The summed E-state index contributed by atoms with van der Waals surface area (Å²) in [5.74, 6) is -0.595. The first-order valence-electron chi connectivity index (χ1n) is 12.5. The van der Waals surface area contributed by atoms with Gasteiger partial charge in [-0.1, -0.05) is 71.9 Å². The van der Waals surface area contributed by atoms with Crippen LogP contribution in [-0.4, -0.2) is 31.8 Å². The SMILES string of the molecule is O=C(NCc1ccccc1)[C@H](c1cccs1)N(C(=O)Cn1nnc2ccccc21)c1cnc2ccccc2c1. The van der Waals surface area contributed by atoms with Crippen molar-refractivity contribution in [2.75, 3.05) is 4.90 Å². The second-order valence-corrected chi connectivity index (χ2v) is 9.99. The van der Waals surface area contributed by atoms with E-state index in [1.54, 1.807) is 10.9 Å². The number of hydrogen-bond acceptors (Lipinski definition) is 6. The fourth-order valence-corrected chi connectivity index (χ4v) is 5.38. The third-order valence-electron chi connectivity index (χ3n) is 6.46. The molecule has 1 N–H and O–H groups in total. The molecule has 9 heteroatoms. The molecular formula is C30H24N6O2S. The summed E-state index contributed by atoms with van der Waals surface area (Å²) in [5.41, 5.74) is 3.73. The largest absolute Gasteiger partial charge is 0.350 e. The summed E-state index contributed by atoms with van der Waals surface area (Å²) in [5, 5.41) is 14.2. The average Bonchev–Trinajstić information content (AvgIpc) is 3.65. The standard InChI is InChI=1S/C30H24N6O2S/c37-28(20-35-26-14-7-6-13-25(26)33-34-35)36(23-17-22-11-4-5-12-24(22)31-19-23)29(27-15-8-16-39-27)30(38)32-18-21-9-2-1-3-10-21/h1-17,19,29H,18,20H2,(H,32,38)/t29-/m0/s1. The van der Waals surface area contributed by atoms with E-state index < -0.39 is 6.04 Å². The number of hydrogen-bond donors (Lipinski definition) is 1. The number of nitrogens with one attached hydrogen (secondary N) is 1. The Morgan fingerprint density at radius 1 is 0.897 bits per heavy atom. The molecule has 0 bridgehead atoms. The molecule has 0 unspecified atom stereocenters. The Hall–Kier alpha value is -4.89. The van der Waals surface area contributed by atoms with Crippen molar-refractivity contribution in [2.24, 2.45) is 0 Å². The van der Waals surface area contributed by atoms with Crippen molar-refractivity contribution in [3.63, 3.8) is 0 Å². The summed E-state index contributed by atoms with van der Waals surface area (Å²) >= 11 is 1.43. The number of aromatic nitrogens is 4. The van der Waals surface area contributed by atoms with Crippen LogP contribution in [0.2, 0.25) is 0 Å². The van der Waals surface area contributed by atoms with Crippen molar-refractivity contribution < 1.29 is 9.59 Å². The zero-order valence-corrected chi connectivity index (χ0v) is 21.7. The molecule has 3 heterocycles. The highest BCUT2D eigenvalue weighted by Crippen LogP contribution is 2.32. The van der Waals surface area contributed by atoms with Crippen molar-refractivity contribution in [1.82, 2.24) is 25.3 Å². The minimum Gasteiger partial charge on any atom is -0.350 e. The number of para-hydroxylation sites is 2. The van der Waals surface area contributed by atoms with Crippen molar-refractivity contribution in [3.8, 4) is 0 Å². The van der Waals surface area contributed by atoms with Crippen LogP contribution < -0.4 is 10.2 Å². The van der Waals surface area contributed by atoms with E-state index in [1.807, 2.05) is 102 Å². The lowest BCUT2D eigenvalue weighted by Gasteiger charge is -2.30. The van der Waals surface area contributed by atoms with Gasteiger partial charge in [0.1, 0.15) is 18.1 Å². The quantitative estimate of drug-likeness (QED) is 0.293. The van der Waals surface area contributed by atoms with Crippen molar-refractivity contribution in [2.45, 2.75) is 19.1 Å². The van der Waals surface area contributed by atoms with Crippen LogP contribution in [0.4, 0.5) is 5.69 Å². The number of pyridine rings is 1. The van der Waals surface area contributed by atoms with Crippen molar-refractivity contribution in [1.29, 1.82) is 0 Å². The zero-order chi connectivity index (χ0) is 26.6. The van der Waals surface area contributed by atoms with E-state index >= 15 is 0 Å². The molecule has 39 heavy (non-hydrogen) atoms. The van der Waals surface area contributed by atoms with Crippen LogP contribution in [0.3, 0.4) is 0 Å². The maximum Gasteiger partial charge on any atom is 0.249 e. The second kappa shape index (κ2) is 10.8. The number of amides is 2. The van der Waals surface area contributed by atoms with Crippen molar-refractivity contribution >= 4 is 50.8 Å². The van der Waals surface area contributed by atoms with Gasteiger partial charge in [-0.2, -0.15) is 0 Å². The zero-order valence-electron chi connectivity index (χ0n) is 20.8. The molecule has 0 spiro atoms. The predicted molar refractivity (Wildman–Crippen MR) is 152 cm³/mol. The molecule has 0 saturated heterocycles. The van der Waals surface area contributed by atoms with E-state index in [0.717, 1.165) is 26.9 Å². The number of carbonyl (C=O) groups is 2. The summed E-state index contributed by atoms with van der Waals surface area (Å²) in [4.78, 5) is 34.9. The number of thiophene rings is 1. The van der Waals surface area contributed by atoms with E-state index in [4.69, 9.17) is 0 Å². The number of nitrogens with zero attached hydrogens (tertiary/aromatic N) is 5. The van der Waals surface area contributed by atoms with Gasteiger partial charge in [0.15, 0.2) is 0 Å². The van der Waals surface area contributed by atoms with Gasteiger partial charge >= 0.3 is 0 Å². The van der Waals surface area contributed by atoms with Gasteiger partial charge in [0.2, 0.25) is 11.8 Å². The van der Waals surface area contributed by atoms with Crippen LogP contribution in [0.25, 0.3) is 21.9 Å². The van der Waals surface area contributed by atoms with Crippen LogP contribution in [0, 0.1) is 0 Å². The second-order valence-electron chi connectivity index (χ2n) is 9.01. The fourth-order valence-electron chi connectivity index (χ4n) is 4.57. The number of anilines is 1. The Bertz CT molecular complexity index is 1750. The molecular weight excluding hydrogens is 508 g/mol. The molecule has 192 valence electrons. The minimum atomic E-state index is -0.904. The maximum absolute atomic E-state index is 14.1. The fraction of sp³-hybridized carbons (Fsp3) is 0.100. The van der Waals surface area contributed by atoms with E-state index in [9.17, 15) is 9.59 Å². The summed E-state index contributed by atoms with van der Waals surface area (Å²) in [6.07, 6.45) is 1.64. The van der Waals surface area contributed by atoms with Gasteiger partial charge in [-0.3, -0.25) is 19.5 Å². The molecule has 6 rings (SSSR count). The molecule has 0 radical (unpaired) electrons. The van der Waals surface area contributed by atoms with E-state index in [0.29, 0.717) is 17.7 Å². The Morgan fingerprint density at radius 3 is 2.49 bits per heavy atom. The van der Waals surface area contributed by atoms with E-state index in [1.165, 1.54) is 16.2 Å². The third-order valence-corrected chi connectivity index (χ3v) is 7.38. The van der Waals surface area contributed by atoms with Crippen LogP contribution in [-0.2, 0) is 22.7 Å². The number of fused-ring (bicyclic) bond motifs is 2. The average molecular weight is 533 g/mol. The molecule has 0 fully saturated rings. The lowest BCUT2D eigenvalue weighted by atomic mass is 10.1. The van der Waals surface area contributed by atoms with Gasteiger partial charge in [-0.05, 0) is 41.3 Å². The van der Waals surface area contributed by atoms with Gasteiger partial charge in [-0.15, -0.1) is 16.4 Å². The normalized spacial score (nSPS) is 11.9. The van der Waals surface area contributed by atoms with Gasteiger partial charge in [-0.25, -0.2) is 4.68 Å². The van der Waals surface area contributed by atoms with Gasteiger partial charge in [0.25, 0.3) is 0 Å². The number of benzene rings is 3. The van der Waals surface area contributed by atoms with Crippen LogP contribution in [0.1, 0.15) is 16.5 Å². The predicted octanol–water partition coefficient (Wildman–Crippen LogP) is 5.13. The Labute approximate surface area is 228 Å². The van der Waals surface area contributed by atoms with Gasteiger partial charge < -0.3 is 5.32 Å². The Kier molecular flexibility index (Phi) is 6.80. The molecule has 6 aromatic rings. The van der Waals surface area contributed by atoms with Crippen LogP contribution >= 0.6 is 11.3 Å². The van der Waals surface area contributed by atoms with Gasteiger partial charge in [0.05, 0.1) is 22.9 Å².